The smallest absolute Gasteiger partial charge is 0.222 e. The third-order valence-corrected chi connectivity index (χ3v) is 5.48. The lowest BCUT2D eigenvalue weighted by Crippen LogP contribution is -2.39. The molecule has 27 heavy (non-hydrogen) atoms. The first-order valence-corrected chi connectivity index (χ1v) is 9.69. The summed E-state index contributed by atoms with van der Waals surface area (Å²) >= 11 is 0. The van der Waals surface area contributed by atoms with E-state index >= 15 is 0 Å². The summed E-state index contributed by atoms with van der Waals surface area (Å²) < 4.78 is 5.37. The molecule has 0 spiro atoms. The number of Topliss-reactive ketones (excluding diaryl/α,β-unsaturated/α-hetero) is 1. The van der Waals surface area contributed by atoms with Gasteiger partial charge in [-0.1, -0.05) is 24.3 Å². The minimum absolute atomic E-state index is 0.143. The second kappa shape index (κ2) is 8.15. The molecule has 1 saturated heterocycles. The number of aryl methyl sites for hydroxylation is 1. The SMILES string of the molecule is Cc1ccccc1[C@H]1CC(=O)c2cnc(NCCN3CCOCC3)nc2C1. The van der Waals surface area contributed by atoms with Crippen molar-refractivity contribution in [3.63, 3.8) is 0 Å². The Balaban J connectivity index is 1.44. The van der Waals surface area contributed by atoms with E-state index in [2.05, 4.69) is 39.2 Å². The lowest BCUT2D eigenvalue weighted by molar-refractivity contribution is 0.0398. The van der Waals surface area contributed by atoms with Gasteiger partial charge in [0.2, 0.25) is 5.95 Å². The number of benzene rings is 1. The fourth-order valence-electron chi connectivity index (χ4n) is 3.95. The third kappa shape index (κ3) is 4.17. The number of morpholine rings is 1. The molecule has 1 atom stereocenters. The van der Waals surface area contributed by atoms with Crippen molar-refractivity contribution in [3.8, 4) is 0 Å². The van der Waals surface area contributed by atoms with Crippen LogP contribution in [0, 0.1) is 6.92 Å². The van der Waals surface area contributed by atoms with Gasteiger partial charge in [-0.2, -0.15) is 0 Å². The first kappa shape index (κ1) is 18.1. The van der Waals surface area contributed by atoms with Crippen LogP contribution < -0.4 is 5.32 Å². The maximum atomic E-state index is 12.6. The standard InChI is InChI=1S/C21H26N4O2/c1-15-4-2-3-5-17(15)16-12-19-18(20(26)13-16)14-23-21(24-19)22-6-7-25-8-10-27-11-9-25/h2-5,14,16H,6-13H2,1H3,(H,22,23,24)/t16-/m1/s1. The second-order valence-corrected chi connectivity index (χ2v) is 7.32. The summed E-state index contributed by atoms with van der Waals surface area (Å²) in [7, 11) is 0. The molecule has 0 bridgehead atoms. The van der Waals surface area contributed by atoms with Crippen LogP contribution in [0.2, 0.25) is 0 Å². The molecule has 1 aromatic heterocycles. The molecule has 6 nitrogen and oxygen atoms in total. The molecular weight excluding hydrogens is 340 g/mol. The zero-order valence-corrected chi connectivity index (χ0v) is 15.8. The molecule has 0 radical (unpaired) electrons. The molecule has 4 rings (SSSR count). The predicted molar refractivity (Wildman–Crippen MR) is 104 cm³/mol. The van der Waals surface area contributed by atoms with E-state index in [0.29, 0.717) is 17.9 Å². The maximum Gasteiger partial charge on any atom is 0.222 e. The summed E-state index contributed by atoms with van der Waals surface area (Å²) in [5.74, 6) is 0.951. The number of ketones is 1. The molecule has 0 amide bonds. The van der Waals surface area contributed by atoms with Crippen LogP contribution in [0.5, 0.6) is 0 Å². The minimum atomic E-state index is 0.143. The molecule has 1 N–H and O–H groups in total. The molecule has 142 valence electrons. The highest BCUT2D eigenvalue weighted by atomic mass is 16.5. The van der Waals surface area contributed by atoms with E-state index in [0.717, 1.165) is 51.5 Å². The fraction of sp³-hybridized carbons (Fsp3) is 0.476. The van der Waals surface area contributed by atoms with Gasteiger partial charge in [-0.05, 0) is 30.4 Å². The molecule has 1 fully saturated rings. The largest absolute Gasteiger partial charge is 0.379 e. The molecule has 2 aromatic rings. The number of ether oxygens (including phenoxy) is 1. The van der Waals surface area contributed by atoms with Gasteiger partial charge in [-0.25, -0.2) is 9.97 Å². The van der Waals surface area contributed by atoms with Crippen molar-refractivity contribution in [1.29, 1.82) is 0 Å². The Morgan fingerprint density at radius 2 is 2.04 bits per heavy atom. The number of carbonyl (C=O) groups excluding carboxylic acids is 1. The topological polar surface area (TPSA) is 67.4 Å². The van der Waals surface area contributed by atoms with Crippen molar-refractivity contribution in [2.24, 2.45) is 0 Å². The van der Waals surface area contributed by atoms with Crippen molar-refractivity contribution >= 4 is 11.7 Å². The average molecular weight is 366 g/mol. The first-order chi connectivity index (χ1) is 13.2. The van der Waals surface area contributed by atoms with Crippen LogP contribution >= 0.6 is 0 Å². The van der Waals surface area contributed by atoms with Gasteiger partial charge in [0.1, 0.15) is 0 Å². The van der Waals surface area contributed by atoms with Crippen molar-refractivity contribution < 1.29 is 9.53 Å². The molecule has 2 aliphatic rings. The molecule has 2 heterocycles. The molecule has 6 heteroatoms. The summed E-state index contributed by atoms with van der Waals surface area (Å²) in [6.45, 7) is 7.38. The van der Waals surface area contributed by atoms with Crippen molar-refractivity contribution in [2.75, 3.05) is 44.7 Å². The predicted octanol–water partition coefficient (Wildman–Crippen LogP) is 2.44. The number of rotatable bonds is 5. The Labute approximate surface area is 160 Å². The normalized spacial score (nSPS) is 20.3. The number of nitrogens with one attached hydrogen (secondary N) is 1. The van der Waals surface area contributed by atoms with E-state index in [1.807, 2.05) is 12.1 Å². The Morgan fingerprint density at radius 3 is 2.85 bits per heavy atom. The van der Waals surface area contributed by atoms with Crippen LogP contribution in [0.25, 0.3) is 0 Å². The van der Waals surface area contributed by atoms with E-state index in [9.17, 15) is 4.79 Å². The highest BCUT2D eigenvalue weighted by Gasteiger charge is 2.28. The summed E-state index contributed by atoms with van der Waals surface area (Å²) in [5.41, 5.74) is 4.02. The fourth-order valence-corrected chi connectivity index (χ4v) is 3.95. The first-order valence-electron chi connectivity index (χ1n) is 9.69. The van der Waals surface area contributed by atoms with Gasteiger partial charge >= 0.3 is 0 Å². The Bertz CT molecular complexity index is 818. The van der Waals surface area contributed by atoms with Gasteiger partial charge in [0, 0.05) is 38.8 Å². The number of aromatic nitrogens is 2. The van der Waals surface area contributed by atoms with Crippen molar-refractivity contribution in [1.82, 2.24) is 14.9 Å². The Morgan fingerprint density at radius 1 is 1.22 bits per heavy atom. The van der Waals surface area contributed by atoms with Crippen LogP contribution in [0.1, 0.15) is 39.5 Å². The summed E-state index contributed by atoms with van der Waals surface area (Å²) in [4.78, 5) is 24.0. The van der Waals surface area contributed by atoms with Crippen LogP contribution in [0.3, 0.4) is 0 Å². The molecule has 1 aliphatic heterocycles. The molecular formula is C21H26N4O2. The quantitative estimate of drug-likeness (QED) is 0.877. The van der Waals surface area contributed by atoms with Crippen molar-refractivity contribution in [2.45, 2.75) is 25.7 Å². The number of carbonyl (C=O) groups is 1. The number of nitrogens with zero attached hydrogens (tertiary/aromatic N) is 3. The van der Waals surface area contributed by atoms with E-state index in [1.165, 1.54) is 11.1 Å². The van der Waals surface area contributed by atoms with Crippen LogP contribution in [0.15, 0.2) is 30.5 Å². The van der Waals surface area contributed by atoms with Gasteiger partial charge in [0.05, 0.1) is 24.5 Å². The van der Waals surface area contributed by atoms with Gasteiger partial charge in [0.15, 0.2) is 5.78 Å². The van der Waals surface area contributed by atoms with Crippen molar-refractivity contribution in [3.05, 3.63) is 52.8 Å². The average Bonchev–Trinajstić information content (AvgIpc) is 2.69. The molecule has 1 aliphatic carbocycles. The zero-order valence-electron chi connectivity index (χ0n) is 15.8. The highest BCUT2D eigenvalue weighted by Crippen LogP contribution is 2.33. The summed E-state index contributed by atoms with van der Waals surface area (Å²) in [5, 5.41) is 3.31. The number of hydrogen-bond acceptors (Lipinski definition) is 6. The Kier molecular flexibility index (Phi) is 5.45. The van der Waals surface area contributed by atoms with Gasteiger partial charge < -0.3 is 10.1 Å². The lowest BCUT2D eigenvalue weighted by Gasteiger charge is -2.26. The molecule has 1 aromatic carbocycles. The van der Waals surface area contributed by atoms with Gasteiger partial charge in [-0.3, -0.25) is 9.69 Å². The van der Waals surface area contributed by atoms with E-state index in [-0.39, 0.29) is 11.7 Å². The second-order valence-electron chi connectivity index (χ2n) is 7.32. The third-order valence-electron chi connectivity index (χ3n) is 5.48. The summed E-state index contributed by atoms with van der Waals surface area (Å²) in [6.07, 6.45) is 3.01. The zero-order chi connectivity index (χ0) is 18.6. The highest BCUT2D eigenvalue weighted by molar-refractivity contribution is 5.98. The van der Waals surface area contributed by atoms with E-state index in [1.54, 1.807) is 6.20 Å². The number of anilines is 1. The lowest BCUT2D eigenvalue weighted by atomic mass is 9.81. The number of hydrogen-bond donors (Lipinski definition) is 1. The maximum absolute atomic E-state index is 12.6. The monoisotopic (exact) mass is 366 g/mol. The minimum Gasteiger partial charge on any atom is -0.379 e. The van der Waals surface area contributed by atoms with Crippen LogP contribution in [-0.4, -0.2) is 60.0 Å². The Hall–Kier alpha value is -2.31. The van der Waals surface area contributed by atoms with Crippen LogP contribution in [-0.2, 0) is 11.2 Å². The van der Waals surface area contributed by atoms with E-state index < -0.39 is 0 Å². The van der Waals surface area contributed by atoms with Gasteiger partial charge in [0.25, 0.3) is 0 Å². The summed E-state index contributed by atoms with van der Waals surface area (Å²) in [6, 6.07) is 8.31. The number of fused-ring (bicyclic) bond motifs is 1. The molecule has 0 saturated carbocycles. The van der Waals surface area contributed by atoms with Gasteiger partial charge in [-0.15, -0.1) is 0 Å². The molecule has 0 unspecified atom stereocenters. The van der Waals surface area contributed by atoms with Crippen LogP contribution in [0.4, 0.5) is 5.95 Å². The van der Waals surface area contributed by atoms with E-state index in [4.69, 9.17) is 4.74 Å².